The summed E-state index contributed by atoms with van der Waals surface area (Å²) in [5, 5.41) is 7.00. The molecule has 0 fully saturated rings. The van der Waals surface area contributed by atoms with Gasteiger partial charge < -0.3 is 10.6 Å². The number of benzene rings is 2. The van der Waals surface area contributed by atoms with Crippen molar-refractivity contribution in [1.29, 1.82) is 0 Å². The monoisotopic (exact) mass is 358 g/mol. The van der Waals surface area contributed by atoms with Gasteiger partial charge in [0.05, 0.1) is 6.04 Å². The van der Waals surface area contributed by atoms with Gasteiger partial charge in [0.1, 0.15) is 0 Å². The Hall–Kier alpha value is -3.00. The highest BCUT2D eigenvalue weighted by molar-refractivity contribution is 5.52. The fraction of sp³-hybridized carbons (Fsp3) is 0.200. The second kappa shape index (κ2) is 10.2. The predicted octanol–water partition coefficient (Wildman–Crippen LogP) is 6.68. The van der Waals surface area contributed by atoms with Crippen LogP contribution in [0.1, 0.15) is 37.9 Å². The summed E-state index contributed by atoms with van der Waals surface area (Å²) in [6, 6.07) is 18.9. The van der Waals surface area contributed by atoms with Gasteiger partial charge in [-0.15, -0.1) is 0 Å². The van der Waals surface area contributed by atoms with Crippen LogP contribution in [0, 0.1) is 6.92 Å². The molecule has 0 heterocycles. The minimum absolute atomic E-state index is 0.00169. The number of nitrogens with one attached hydrogen (secondary N) is 2. The van der Waals surface area contributed by atoms with Crippen LogP contribution in [0.3, 0.4) is 0 Å². The molecule has 2 aromatic carbocycles. The standard InChI is InChI=1S/C25H30N2/c1-6-12-23(7-2)26-18-20(4)21(5)25(22-14-9-8-10-15-22)27-24-16-11-13-19(3)17-24/h6-18,25-27H,5H2,1-4H3/b12-6-,20-18+,23-7+. The molecular formula is C25H30N2. The third-order valence-corrected chi connectivity index (χ3v) is 4.43. The molecule has 0 aromatic heterocycles. The molecule has 0 amide bonds. The van der Waals surface area contributed by atoms with Gasteiger partial charge in [-0.25, -0.2) is 0 Å². The van der Waals surface area contributed by atoms with Gasteiger partial charge in [0.15, 0.2) is 0 Å². The average Bonchev–Trinajstić information content (AvgIpc) is 2.69. The topological polar surface area (TPSA) is 24.1 Å². The normalized spacial score (nSPS) is 13.5. The van der Waals surface area contributed by atoms with E-state index in [1.807, 2.05) is 44.3 Å². The zero-order chi connectivity index (χ0) is 19.6. The van der Waals surface area contributed by atoms with E-state index in [9.17, 15) is 0 Å². The van der Waals surface area contributed by atoms with Gasteiger partial charge in [-0.05, 0) is 68.2 Å². The maximum absolute atomic E-state index is 4.39. The molecule has 0 spiro atoms. The van der Waals surface area contributed by atoms with Crippen molar-refractivity contribution in [3.8, 4) is 0 Å². The Labute approximate surface area is 164 Å². The number of allylic oxidation sites excluding steroid dienone is 3. The molecule has 2 nitrogen and oxygen atoms in total. The van der Waals surface area contributed by atoms with E-state index in [-0.39, 0.29) is 6.04 Å². The summed E-state index contributed by atoms with van der Waals surface area (Å²) in [4.78, 5) is 0. The summed E-state index contributed by atoms with van der Waals surface area (Å²) in [6.45, 7) is 12.6. The number of aryl methyl sites for hydroxylation is 1. The maximum atomic E-state index is 4.39. The predicted molar refractivity (Wildman–Crippen MR) is 119 cm³/mol. The molecule has 0 saturated carbocycles. The Bertz CT molecular complexity index is 842. The van der Waals surface area contributed by atoms with Crippen molar-refractivity contribution < 1.29 is 0 Å². The lowest BCUT2D eigenvalue weighted by atomic mass is 9.94. The lowest BCUT2D eigenvalue weighted by Crippen LogP contribution is -2.15. The first-order valence-electron chi connectivity index (χ1n) is 9.34. The molecule has 2 heteroatoms. The summed E-state index contributed by atoms with van der Waals surface area (Å²) in [5.41, 5.74) is 6.72. The van der Waals surface area contributed by atoms with E-state index in [0.29, 0.717) is 0 Å². The number of hydrogen-bond donors (Lipinski definition) is 2. The molecule has 0 aliphatic rings. The van der Waals surface area contributed by atoms with Crippen LogP contribution in [0.2, 0.25) is 0 Å². The number of anilines is 1. The third-order valence-electron chi connectivity index (χ3n) is 4.43. The largest absolute Gasteiger partial charge is 0.374 e. The fourth-order valence-electron chi connectivity index (χ4n) is 2.84. The first-order chi connectivity index (χ1) is 13.0. The molecule has 140 valence electrons. The van der Waals surface area contributed by atoms with E-state index in [1.165, 1.54) is 11.1 Å². The first-order valence-corrected chi connectivity index (χ1v) is 9.34. The summed E-state index contributed by atoms with van der Waals surface area (Å²) in [5.74, 6) is 0. The van der Waals surface area contributed by atoms with Crippen molar-refractivity contribution in [1.82, 2.24) is 5.32 Å². The molecule has 2 rings (SSSR count). The highest BCUT2D eigenvalue weighted by atomic mass is 14.9. The number of rotatable bonds is 8. The second-order valence-corrected chi connectivity index (χ2v) is 6.60. The molecule has 0 aliphatic heterocycles. The SMILES string of the molecule is C=C(/C(C)=C/NC(/C=C\C)=C/C)C(Nc1cccc(C)c1)c1ccccc1. The van der Waals surface area contributed by atoms with Gasteiger partial charge in [-0.1, -0.05) is 61.2 Å². The van der Waals surface area contributed by atoms with Crippen LogP contribution in [0.5, 0.6) is 0 Å². The summed E-state index contributed by atoms with van der Waals surface area (Å²) in [6.07, 6.45) is 8.14. The Morgan fingerprint density at radius 3 is 2.41 bits per heavy atom. The molecule has 27 heavy (non-hydrogen) atoms. The van der Waals surface area contributed by atoms with Crippen LogP contribution in [0.25, 0.3) is 0 Å². The van der Waals surface area contributed by atoms with Crippen LogP contribution in [-0.4, -0.2) is 0 Å². The molecule has 2 N–H and O–H groups in total. The summed E-state index contributed by atoms with van der Waals surface area (Å²) < 4.78 is 0. The van der Waals surface area contributed by atoms with Crippen LogP contribution >= 0.6 is 0 Å². The molecule has 2 aromatic rings. The zero-order valence-corrected chi connectivity index (χ0v) is 16.8. The van der Waals surface area contributed by atoms with Crippen LogP contribution in [-0.2, 0) is 0 Å². The Morgan fingerprint density at radius 2 is 1.78 bits per heavy atom. The average molecular weight is 359 g/mol. The molecule has 0 aliphatic carbocycles. The third kappa shape index (κ3) is 6.03. The Kier molecular flexibility index (Phi) is 7.69. The van der Waals surface area contributed by atoms with Crippen molar-refractivity contribution in [3.05, 3.63) is 114 Å². The molecule has 1 atom stereocenters. The summed E-state index contributed by atoms with van der Waals surface area (Å²) in [7, 11) is 0. The molecular weight excluding hydrogens is 328 g/mol. The van der Waals surface area contributed by atoms with E-state index in [0.717, 1.165) is 22.5 Å². The Morgan fingerprint density at radius 1 is 1.04 bits per heavy atom. The van der Waals surface area contributed by atoms with Crippen LogP contribution in [0.4, 0.5) is 5.69 Å². The van der Waals surface area contributed by atoms with E-state index in [2.05, 4.69) is 79.6 Å². The van der Waals surface area contributed by atoms with Crippen molar-refractivity contribution >= 4 is 5.69 Å². The van der Waals surface area contributed by atoms with E-state index in [4.69, 9.17) is 0 Å². The summed E-state index contributed by atoms with van der Waals surface area (Å²) >= 11 is 0. The zero-order valence-electron chi connectivity index (χ0n) is 16.8. The van der Waals surface area contributed by atoms with Gasteiger partial charge in [0, 0.05) is 17.6 Å². The lowest BCUT2D eigenvalue weighted by molar-refractivity contribution is 0.914. The van der Waals surface area contributed by atoms with Crippen molar-refractivity contribution in [3.63, 3.8) is 0 Å². The second-order valence-electron chi connectivity index (χ2n) is 6.60. The van der Waals surface area contributed by atoms with E-state index in [1.54, 1.807) is 0 Å². The minimum Gasteiger partial charge on any atom is -0.374 e. The highest BCUT2D eigenvalue weighted by Gasteiger charge is 2.16. The highest BCUT2D eigenvalue weighted by Crippen LogP contribution is 2.29. The number of hydrogen-bond acceptors (Lipinski definition) is 2. The van der Waals surface area contributed by atoms with Crippen LogP contribution in [0.15, 0.2) is 102 Å². The fourth-order valence-corrected chi connectivity index (χ4v) is 2.84. The smallest absolute Gasteiger partial charge is 0.0764 e. The van der Waals surface area contributed by atoms with Gasteiger partial charge >= 0.3 is 0 Å². The first kappa shape index (κ1) is 20.3. The van der Waals surface area contributed by atoms with Gasteiger partial charge in [-0.3, -0.25) is 0 Å². The molecule has 0 radical (unpaired) electrons. The Balaban J connectivity index is 2.28. The molecule has 0 bridgehead atoms. The molecule has 0 saturated heterocycles. The van der Waals surface area contributed by atoms with E-state index >= 15 is 0 Å². The van der Waals surface area contributed by atoms with Gasteiger partial charge in [0.2, 0.25) is 0 Å². The minimum atomic E-state index is 0.00169. The van der Waals surface area contributed by atoms with Crippen LogP contribution < -0.4 is 10.6 Å². The maximum Gasteiger partial charge on any atom is 0.0764 e. The van der Waals surface area contributed by atoms with Crippen molar-refractivity contribution in [2.75, 3.05) is 5.32 Å². The van der Waals surface area contributed by atoms with Gasteiger partial charge in [-0.2, -0.15) is 0 Å². The van der Waals surface area contributed by atoms with Gasteiger partial charge in [0.25, 0.3) is 0 Å². The quantitative estimate of drug-likeness (QED) is 0.514. The lowest BCUT2D eigenvalue weighted by Gasteiger charge is -2.24. The van der Waals surface area contributed by atoms with E-state index < -0.39 is 0 Å². The van der Waals surface area contributed by atoms with Crippen molar-refractivity contribution in [2.45, 2.75) is 33.7 Å². The molecule has 1 unspecified atom stereocenters. The van der Waals surface area contributed by atoms with Crippen molar-refractivity contribution in [2.24, 2.45) is 0 Å².